The predicted octanol–water partition coefficient (Wildman–Crippen LogP) is 0.378. The fourth-order valence-electron chi connectivity index (χ4n) is 1.69. The lowest BCUT2D eigenvalue weighted by Crippen LogP contribution is -2.36. The molecule has 0 aromatic rings. The molecule has 9 heteroatoms. The van der Waals surface area contributed by atoms with Crippen molar-refractivity contribution in [1.29, 1.82) is 0 Å². The number of nitrogens with one attached hydrogen (secondary N) is 3. The van der Waals surface area contributed by atoms with Crippen LogP contribution < -0.4 is 16.0 Å². The summed E-state index contributed by atoms with van der Waals surface area (Å²) in [6.45, 7) is 4.49. The molecule has 0 unspecified atom stereocenters. The molecular weight excluding hydrogens is 334 g/mol. The Morgan fingerprint density at radius 3 is 1.96 bits per heavy atom. The second-order valence-electron chi connectivity index (χ2n) is 4.72. The van der Waals surface area contributed by atoms with Gasteiger partial charge >= 0.3 is 11.9 Å². The number of hydrogen-bond donors (Lipinski definition) is 5. The normalized spacial score (nSPS) is 12.5. The molecule has 1 amide bonds. The minimum Gasteiger partial charge on any atom is -0.480 e. The number of amides is 1. The Labute approximate surface area is 148 Å². The molecule has 0 heterocycles. The summed E-state index contributed by atoms with van der Waals surface area (Å²) >= 11 is 1.26. The zero-order chi connectivity index (χ0) is 19.0. The van der Waals surface area contributed by atoms with Gasteiger partial charge in [-0.25, -0.2) is 0 Å². The quantitative estimate of drug-likeness (QED) is 0.296. The molecule has 0 fully saturated rings. The number of carboxylic acid groups (broad SMARTS) is 2. The molecule has 2 atom stereocenters. The van der Waals surface area contributed by atoms with Crippen molar-refractivity contribution in [3.05, 3.63) is 0 Å². The number of likely N-dealkylation sites (N-methyl/N-ethyl adjacent to an activating group) is 2. The number of rotatable bonds is 13. The summed E-state index contributed by atoms with van der Waals surface area (Å²) in [6.07, 6.45) is 1.92. The maximum absolute atomic E-state index is 11.5. The Morgan fingerprint density at radius 1 is 0.958 bits per heavy atom. The first kappa shape index (κ1) is 24.9. The lowest BCUT2D eigenvalue weighted by atomic mass is 10.1. The first-order valence-corrected chi connectivity index (χ1v) is 9.22. The van der Waals surface area contributed by atoms with E-state index in [0.717, 1.165) is 0 Å². The van der Waals surface area contributed by atoms with Crippen molar-refractivity contribution < 1.29 is 24.6 Å². The molecule has 0 radical (unpaired) electrons. The molecule has 5 N–H and O–H groups in total. The molecule has 0 spiro atoms. The fourth-order valence-corrected chi connectivity index (χ4v) is 2.64. The van der Waals surface area contributed by atoms with Crippen LogP contribution in [0.15, 0.2) is 0 Å². The summed E-state index contributed by atoms with van der Waals surface area (Å²) in [6, 6.07) is -1.21. The molecule has 24 heavy (non-hydrogen) atoms. The average Bonchev–Trinajstić information content (AvgIpc) is 2.56. The van der Waals surface area contributed by atoms with E-state index in [2.05, 4.69) is 16.0 Å². The van der Waals surface area contributed by atoms with Crippen LogP contribution >= 0.6 is 11.8 Å². The molecule has 0 aliphatic heterocycles. The van der Waals surface area contributed by atoms with Gasteiger partial charge in [-0.05, 0) is 33.4 Å². The number of aliphatic carboxylic acids is 2. The standard InChI is InChI=1S/C13H25N3O5S.C2H6/c1-14-9(12(18)19)5-3-4-6-16-11(17)8-22-7-10(15-2)13(20)21;1-2/h9-10,14-15H,3-8H2,1-2H3,(H,16,17)(H,18,19)(H,20,21);1-2H3/t9-,10-;/m0./s1. The topological polar surface area (TPSA) is 128 Å². The van der Waals surface area contributed by atoms with Crippen LogP contribution in [0.5, 0.6) is 0 Å². The van der Waals surface area contributed by atoms with E-state index in [1.54, 1.807) is 14.1 Å². The van der Waals surface area contributed by atoms with Crippen molar-refractivity contribution in [2.45, 2.75) is 45.2 Å². The third kappa shape index (κ3) is 13.1. The molecule has 0 aromatic carbocycles. The van der Waals surface area contributed by atoms with Gasteiger partial charge in [0.05, 0.1) is 5.75 Å². The SMILES string of the molecule is CC.CN[C@@H](CCCCNC(=O)CSC[C@H](NC)C(=O)O)C(=O)O. The minimum absolute atomic E-state index is 0.145. The second-order valence-corrected chi connectivity index (χ2v) is 5.75. The van der Waals surface area contributed by atoms with Gasteiger partial charge in [-0.15, -0.1) is 11.8 Å². The van der Waals surface area contributed by atoms with Crippen LogP contribution in [0.2, 0.25) is 0 Å². The average molecular weight is 365 g/mol. The van der Waals surface area contributed by atoms with Crippen LogP contribution in [-0.4, -0.2) is 72.3 Å². The highest BCUT2D eigenvalue weighted by Gasteiger charge is 2.15. The van der Waals surface area contributed by atoms with Gasteiger partial charge in [0.1, 0.15) is 12.1 Å². The summed E-state index contributed by atoms with van der Waals surface area (Å²) in [5.41, 5.74) is 0. The largest absolute Gasteiger partial charge is 0.480 e. The summed E-state index contributed by atoms with van der Waals surface area (Å²) in [4.78, 5) is 33.1. The van der Waals surface area contributed by atoms with Gasteiger partial charge in [0, 0.05) is 12.3 Å². The lowest BCUT2D eigenvalue weighted by molar-refractivity contribution is -0.140. The van der Waals surface area contributed by atoms with Crippen molar-refractivity contribution in [2.24, 2.45) is 0 Å². The molecule has 8 nitrogen and oxygen atoms in total. The van der Waals surface area contributed by atoms with Crippen molar-refractivity contribution in [3.8, 4) is 0 Å². The fraction of sp³-hybridized carbons (Fsp3) is 0.800. The van der Waals surface area contributed by atoms with Crippen molar-refractivity contribution in [2.75, 3.05) is 32.1 Å². The summed E-state index contributed by atoms with van der Waals surface area (Å²) in [7, 11) is 3.17. The zero-order valence-corrected chi connectivity index (χ0v) is 15.7. The first-order valence-electron chi connectivity index (χ1n) is 8.07. The van der Waals surface area contributed by atoms with E-state index in [-0.39, 0.29) is 11.7 Å². The van der Waals surface area contributed by atoms with E-state index in [1.807, 2.05) is 13.8 Å². The summed E-state index contributed by atoms with van der Waals surface area (Å²) < 4.78 is 0. The van der Waals surface area contributed by atoms with E-state index < -0.39 is 24.0 Å². The van der Waals surface area contributed by atoms with Crippen LogP contribution in [0.1, 0.15) is 33.1 Å². The van der Waals surface area contributed by atoms with Crippen LogP contribution in [0.25, 0.3) is 0 Å². The van der Waals surface area contributed by atoms with Crippen LogP contribution in [-0.2, 0) is 14.4 Å². The van der Waals surface area contributed by atoms with Crippen molar-refractivity contribution in [1.82, 2.24) is 16.0 Å². The zero-order valence-electron chi connectivity index (χ0n) is 14.9. The van der Waals surface area contributed by atoms with Gasteiger partial charge in [0.15, 0.2) is 0 Å². The molecule has 0 saturated carbocycles. The van der Waals surface area contributed by atoms with Gasteiger partial charge in [-0.2, -0.15) is 0 Å². The smallest absolute Gasteiger partial charge is 0.321 e. The van der Waals surface area contributed by atoms with Gasteiger partial charge < -0.3 is 26.2 Å². The molecular formula is C15H31N3O5S. The first-order chi connectivity index (χ1) is 11.4. The third-order valence-electron chi connectivity index (χ3n) is 3.05. The Hall–Kier alpha value is -1.32. The maximum atomic E-state index is 11.5. The Kier molecular flexibility index (Phi) is 17.2. The molecule has 142 valence electrons. The molecule has 0 aliphatic rings. The van der Waals surface area contributed by atoms with E-state index in [0.29, 0.717) is 31.6 Å². The maximum Gasteiger partial charge on any atom is 0.321 e. The number of carbonyl (C=O) groups is 3. The van der Waals surface area contributed by atoms with Crippen molar-refractivity contribution >= 4 is 29.6 Å². The summed E-state index contributed by atoms with van der Waals surface area (Å²) in [5.74, 6) is -1.43. The van der Waals surface area contributed by atoms with E-state index in [1.165, 1.54) is 11.8 Å². The van der Waals surface area contributed by atoms with Crippen molar-refractivity contribution in [3.63, 3.8) is 0 Å². The van der Waals surface area contributed by atoms with E-state index in [4.69, 9.17) is 10.2 Å². The number of carboxylic acids is 2. The van der Waals surface area contributed by atoms with Gasteiger partial charge in [0.2, 0.25) is 5.91 Å². The monoisotopic (exact) mass is 365 g/mol. The van der Waals surface area contributed by atoms with Crippen LogP contribution in [0, 0.1) is 0 Å². The minimum atomic E-state index is -0.937. The third-order valence-corrected chi connectivity index (χ3v) is 4.09. The molecule has 0 saturated heterocycles. The molecule has 0 aliphatic carbocycles. The Balaban J connectivity index is 0. The highest BCUT2D eigenvalue weighted by molar-refractivity contribution is 8.00. The van der Waals surface area contributed by atoms with Crippen LogP contribution in [0.3, 0.4) is 0 Å². The highest BCUT2D eigenvalue weighted by atomic mass is 32.2. The van der Waals surface area contributed by atoms with E-state index in [9.17, 15) is 14.4 Å². The van der Waals surface area contributed by atoms with Crippen LogP contribution in [0.4, 0.5) is 0 Å². The number of carbonyl (C=O) groups excluding carboxylic acids is 1. The second kappa shape index (κ2) is 16.5. The van der Waals surface area contributed by atoms with Gasteiger partial charge in [-0.3, -0.25) is 14.4 Å². The molecule has 0 rings (SSSR count). The van der Waals surface area contributed by atoms with Gasteiger partial charge in [-0.1, -0.05) is 13.8 Å². The number of hydrogen-bond acceptors (Lipinski definition) is 6. The summed E-state index contributed by atoms with van der Waals surface area (Å²) in [5, 5.41) is 25.8. The highest BCUT2D eigenvalue weighted by Crippen LogP contribution is 2.03. The molecule has 0 aromatic heterocycles. The molecule has 0 bridgehead atoms. The Morgan fingerprint density at radius 2 is 1.50 bits per heavy atom. The van der Waals surface area contributed by atoms with E-state index >= 15 is 0 Å². The Bertz CT molecular complexity index is 369. The van der Waals surface area contributed by atoms with Gasteiger partial charge in [0.25, 0.3) is 0 Å². The predicted molar refractivity (Wildman–Crippen MR) is 96.5 cm³/mol. The number of unbranched alkanes of at least 4 members (excludes halogenated alkanes) is 1. The lowest BCUT2D eigenvalue weighted by Gasteiger charge is -2.11. The number of thioether (sulfide) groups is 1.